The second kappa shape index (κ2) is 6.25. The smallest absolute Gasteiger partial charge is 0.372 e. The van der Waals surface area contributed by atoms with Crippen LogP contribution in [-0.2, 0) is 6.54 Å². The van der Waals surface area contributed by atoms with Gasteiger partial charge in [-0.25, -0.2) is 4.79 Å². The molecule has 1 aromatic carbocycles. The number of carboxylic acid groups (broad SMARTS) is 1. The molecule has 0 amide bonds. The van der Waals surface area contributed by atoms with Gasteiger partial charge in [0.1, 0.15) is 5.75 Å². The lowest BCUT2D eigenvalue weighted by molar-refractivity contribution is 0.0660. The Morgan fingerprint density at radius 3 is 2.65 bits per heavy atom. The monoisotopic (exact) mass is 275 g/mol. The number of hydrogen-bond acceptors (Lipinski definition) is 4. The third-order valence-electron chi connectivity index (χ3n) is 3.16. The number of ether oxygens (including phenoxy) is 1. The Bertz CT molecular complexity index is 574. The Labute approximate surface area is 117 Å². The zero-order chi connectivity index (χ0) is 14.5. The number of benzene rings is 1. The molecule has 0 radical (unpaired) electrons. The fourth-order valence-electron chi connectivity index (χ4n) is 1.94. The maximum Gasteiger partial charge on any atom is 0.372 e. The number of hydrogen-bond donors (Lipinski definition) is 2. The van der Waals surface area contributed by atoms with Gasteiger partial charge >= 0.3 is 5.97 Å². The van der Waals surface area contributed by atoms with Crippen molar-refractivity contribution in [1.29, 1.82) is 0 Å². The van der Waals surface area contributed by atoms with Crippen LogP contribution in [0.15, 0.2) is 41.0 Å². The molecule has 5 heteroatoms. The molecule has 5 nitrogen and oxygen atoms in total. The predicted octanol–water partition coefficient (Wildman–Crippen LogP) is 2.84. The molecule has 1 heterocycles. The Hall–Kier alpha value is -2.27. The summed E-state index contributed by atoms with van der Waals surface area (Å²) in [5.41, 5.74) is 1.74. The zero-order valence-corrected chi connectivity index (χ0v) is 11.4. The van der Waals surface area contributed by atoms with Crippen LogP contribution in [0.5, 0.6) is 5.75 Å². The lowest BCUT2D eigenvalue weighted by Crippen LogP contribution is -2.19. The first-order valence-electron chi connectivity index (χ1n) is 6.29. The van der Waals surface area contributed by atoms with Crippen molar-refractivity contribution in [2.75, 3.05) is 7.11 Å². The molecule has 20 heavy (non-hydrogen) atoms. The summed E-state index contributed by atoms with van der Waals surface area (Å²) in [5.74, 6) is -0.257. The van der Waals surface area contributed by atoms with Crippen molar-refractivity contribution in [3.05, 3.63) is 53.5 Å². The Morgan fingerprint density at radius 1 is 1.35 bits per heavy atom. The third kappa shape index (κ3) is 3.19. The molecule has 2 rings (SSSR count). The lowest BCUT2D eigenvalue weighted by atomic mass is 10.1. The Morgan fingerprint density at radius 2 is 2.05 bits per heavy atom. The molecule has 2 N–H and O–H groups in total. The van der Waals surface area contributed by atoms with E-state index in [9.17, 15) is 4.79 Å². The second-order valence-corrected chi connectivity index (χ2v) is 4.46. The van der Waals surface area contributed by atoms with Gasteiger partial charge in [-0.1, -0.05) is 12.1 Å². The van der Waals surface area contributed by atoms with Crippen molar-refractivity contribution < 1.29 is 19.1 Å². The Kier molecular flexibility index (Phi) is 4.42. The third-order valence-corrected chi connectivity index (χ3v) is 3.16. The van der Waals surface area contributed by atoms with Gasteiger partial charge in [-0.05, 0) is 30.7 Å². The zero-order valence-electron chi connectivity index (χ0n) is 11.4. The van der Waals surface area contributed by atoms with E-state index >= 15 is 0 Å². The van der Waals surface area contributed by atoms with E-state index in [1.165, 1.54) is 6.26 Å². The highest BCUT2D eigenvalue weighted by atomic mass is 16.5. The molecule has 1 atom stereocenters. The number of carboxylic acids is 1. The van der Waals surface area contributed by atoms with Crippen molar-refractivity contribution in [3.8, 4) is 5.75 Å². The minimum absolute atomic E-state index is 0.0144. The number of methoxy groups -OCH3 is 1. The molecule has 0 saturated carbocycles. The first-order valence-corrected chi connectivity index (χ1v) is 6.29. The molecule has 0 aliphatic rings. The van der Waals surface area contributed by atoms with Gasteiger partial charge in [-0.3, -0.25) is 0 Å². The van der Waals surface area contributed by atoms with Gasteiger partial charge in [0.2, 0.25) is 5.76 Å². The summed E-state index contributed by atoms with van der Waals surface area (Å²) in [7, 11) is 1.63. The van der Waals surface area contributed by atoms with E-state index in [0.717, 1.165) is 11.3 Å². The summed E-state index contributed by atoms with van der Waals surface area (Å²) in [5, 5.41) is 12.2. The molecule has 0 spiro atoms. The molecule has 1 aromatic heterocycles. The summed E-state index contributed by atoms with van der Waals surface area (Å²) in [6.45, 7) is 2.45. The van der Waals surface area contributed by atoms with Gasteiger partial charge in [0.25, 0.3) is 0 Å². The van der Waals surface area contributed by atoms with E-state index in [4.69, 9.17) is 14.3 Å². The topological polar surface area (TPSA) is 71.7 Å². The van der Waals surface area contributed by atoms with Gasteiger partial charge in [0.15, 0.2) is 0 Å². The molecule has 0 fully saturated rings. The van der Waals surface area contributed by atoms with Crippen molar-refractivity contribution in [3.63, 3.8) is 0 Å². The van der Waals surface area contributed by atoms with E-state index in [-0.39, 0.29) is 11.8 Å². The maximum atomic E-state index is 10.9. The van der Waals surface area contributed by atoms with E-state index in [1.54, 1.807) is 13.2 Å². The highest BCUT2D eigenvalue weighted by Gasteiger charge is 2.14. The molecule has 0 aliphatic carbocycles. The number of furan rings is 1. The molecule has 106 valence electrons. The minimum atomic E-state index is -1.05. The van der Waals surface area contributed by atoms with Crippen LogP contribution in [0, 0.1) is 0 Å². The highest BCUT2D eigenvalue weighted by Crippen LogP contribution is 2.18. The van der Waals surface area contributed by atoms with E-state index in [0.29, 0.717) is 12.1 Å². The molecular weight excluding hydrogens is 258 g/mol. The van der Waals surface area contributed by atoms with E-state index in [1.807, 2.05) is 31.2 Å². The fraction of sp³-hybridized carbons (Fsp3) is 0.267. The first kappa shape index (κ1) is 14.1. The van der Waals surface area contributed by atoms with Crippen LogP contribution in [0.2, 0.25) is 0 Å². The summed E-state index contributed by atoms with van der Waals surface area (Å²) < 4.78 is 10.1. The fourth-order valence-corrected chi connectivity index (χ4v) is 1.94. The lowest BCUT2D eigenvalue weighted by Gasteiger charge is -2.14. The largest absolute Gasteiger partial charge is 0.497 e. The normalized spacial score (nSPS) is 12.1. The quantitative estimate of drug-likeness (QED) is 0.848. The van der Waals surface area contributed by atoms with Crippen LogP contribution >= 0.6 is 0 Å². The van der Waals surface area contributed by atoms with Gasteiger partial charge in [0, 0.05) is 18.2 Å². The molecule has 2 aromatic rings. The van der Waals surface area contributed by atoms with Crippen molar-refractivity contribution in [1.82, 2.24) is 5.32 Å². The van der Waals surface area contributed by atoms with Crippen LogP contribution in [0.1, 0.15) is 34.6 Å². The maximum absolute atomic E-state index is 10.9. The SMILES string of the molecule is COc1ccc(C(C)NCc2ccoc2C(=O)O)cc1. The van der Waals surface area contributed by atoms with E-state index in [2.05, 4.69) is 5.32 Å². The molecule has 0 bridgehead atoms. The molecular formula is C15H17NO4. The van der Waals surface area contributed by atoms with Crippen LogP contribution in [-0.4, -0.2) is 18.2 Å². The van der Waals surface area contributed by atoms with Crippen LogP contribution in [0.4, 0.5) is 0 Å². The summed E-state index contributed by atoms with van der Waals surface area (Å²) in [6.07, 6.45) is 1.39. The number of rotatable bonds is 6. The van der Waals surface area contributed by atoms with Gasteiger partial charge in [0.05, 0.1) is 13.4 Å². The van der Waals surface area contributed by atoms with Gasteiger partial charge < -0.3 is 19.6 Å². The molecule has 0 saturated heterocycles. The van der Waals surface area contributed by atoms with Crippen molar-refractivity contribution >= 4 is 5.97 Å². The van der Waals surface area contributed by atoms with Crippen LogP contribution < -0.4 is 10.1 Å². The van der Waals surface area contributed by atoms with Crippen LogP contribution in [0.3, 0.4) is 0 Å². The van der Waals surface area contributed by atoms with Gasteiger partial charge in [-0.15, -0.1) is 0 Å². The van der Waals surface area contributed by atoms with Gasteiger partial charge in [-0.2, -0.15) is 0 Å². The van der Waals surface area contributed by atoms with Crippen molar-refractivity contribution in [2.45, 2.75) is 19.5 Å². The van der Waals surface area contributed by atoms with Crippen molar-refractivity contribution in [2.24, 2.45) is 0 Å². The summed E-state index contributed by atoms with van der Waals surface area (Å²) >= 11 is 0. The average molecular weight is 275 g/mol. The number of carbonyl (C=O) groups is 1. The molecule has 0 aliphatic heterocycles. The predicted molar refractivity (Wildman–Crippen MR) is 73.9 cm³/mol. The van der Waals surface area contributed by atoms with Crippen LogP contribution in [0.25, 0.3) is 0 Å². The highest BCUT2D eigenvalue weighted by molar-refractivity contribution is 5.86. The standard InChI is InChI=1S/C15H17NO4/c1-10(11-3-5-13(19-2)6-4-11)16-9-12-7-8-20-14(12)15(17)18/h3-8,10,16H,9H2,1-2H3,(H,17,18). The summed E-state index contributed by atoms with van der Waals surface area (Å²) in [6, 6.07) is 9.50. The number of nitrogens with one attached hydrogen (secondary N) is 1. The average Bonchev–Trinajstić information content (AvgIpc) is 2.93. The number of aromatic carboxylic acids is 1. The van der Waals surface area contributed by atoms with E-state index < -0.39 is 5.97 Å². The second-order valence-electron chi connectivity index (χ2n) is 4.46. The summed E-state index contributed by atoms with van der Waals surface area (Å²) in [4.78, 5) is 10.9. The minimum Gasteiger partial charge on any atom is -0.497 e. The first-order chi connectivity index (χ1) is 9.61. The Balaban J connectivity index is 1.99. The molecule has 1 unspecified atom stereocenters.